The molecule has 0 spiro atoms. The third kappa shape index (κ3) is 4.04. The number of rotatable bonds is 6. The summed E-state index contributed by atoms with van der Waals surface area (Å²) in [5.74, 6) is 0.732. The van der Waals surface area contributed by atoms with Gasteiger partial charge in [0.1, 0.15) is 0 Å². The van der Waals surface area contributed by atoms with E-state index in [4.69, 9.17) is 4.74 Å². The van der Waals surface area contributed by atoms with E-state index in [1.807, 2.05) is 7.11 Å². The zero-order chi connectivity index (χ0) is 12.0. The number of ether oxygens (including phenoxy) is 1. The first kappa shape index (κ1) is 13.9. The van der Waals surface area contributed by atoms with Crippen molar-refractivity contribution in [2.75, 3.05) is 33.4 Å². The van der Waals surface area contributed by atoms with Gasteiger partial charge in [-0.25, -0.2) is 0 Å². The molecule has 1 heterocycles. The lowest BCUT2D eigenvalue weighted by atomic mass is 9.96. The molecule has 0 aromatic heterocycles. The fourth-order valence-electron chi connectivity index (χ4n) is 2.65. The fourth-order valence-corrected chi connectivity index (χ4v) is 2.65. The number of nitrogens with one attached hydrogen (secondary N) is 1. The van der Waals surface area contributed by atoms with Crippen LogP contribution in [0.2, 0.25) is 0 Å². The lowest BCUT2D eigenvalue weighted by Gasteiger charge is -2.39. The molecule has 0 amide bonds. The lowest BCUT2D eigenvalue weighted by Crippen LogP contribution is -2.50. The highest BCUT2D eigenvalue weighted by atomic mass is 16.5. The van der Waals surface area contributed by atoms with Crippen molar-refractivity contribution in [3.05, 3.63) is 0 Å². The largest absolute Gasteiger partial charge is 0.384 e. The fraction of sp³-hybridized carbons (Fsp3) is 1.00. The zero-order valence-corrected chi connectivity index (χ0v) is 11.3. The Kier molecular flexibility index (Phi) is 6.32. The molecule has 0 bridgehead atoms. The molecule has 1 fully saturated rings. The van der Waals surface area contributed by atoms with Crippen LogP contribution in [0.1, 0.15) is 33.6 Å². The summed E-state index contributed by atoms with van der Waals surface area (Å²) in [6.45, 7) is 11.2. The van der Waals surface area contributed by atoms with E-state index in [0.29, 0.717) is 12.1 Å². The molecule has 0 aliphatic carbocycles. The number of likely N-dealkylation sites (tertiary alicyclic amines) is 1. The molecule has 0 aromatic rings. The average molecular weight is 228 g/mol. The summed E-state index contributed by atoms with van der Waals surface area (Å²) >= 11 is 0. The standard InChI is InChI=1S/C13H28N2O/c1-5-14-11(2)12(3)15-8-6-7-13(9-15)10-16-4/h11-14H,5-10H2,1-4H3. The Labute approximate surface area is 101 Å². The molecule has 1 aliphatic rings. The highest BCUT2D eigenvalue weighted by Gasteiger charge is 2.25. The molecular formula is C13H28N2O. The van der Waals surface area contributed by atoms with Gasteiger partial charge in [-0.05, 0) is 45.7 Å². The molecule has 1 rings (SSSR count). The number of hydrogen-bond donors (Lipinski definition) is 1. The van der Waals surface area contributed by atoms with Crippen molar-refractivity contribution in [2.45, 2.75) is 45.7 Å². The van der Waals surface area contributed by atoms with E-state index in [0.717, 1.165) is 19.1 Å². The van der Waals surface area contributed by atoms with Gasteiger partial charge in [0.05, 0.1) is 6.61 Å². The molecule has 0 saturated carbocycles. The van der Waals surface area contributed by atoms with Crippen LogP contribution in [0.15, 0.2) is 0 Å². The SMILES string of the molecule is CCNC(C)C(C)N1CCCC(COC)C1. The van der Waals surface area contributed by atoms with Crippen molar-refractivity contribution >= 4 is 0 Å². The second-order valence-corrected chi connectivity index (χ2v) is 5.05. The highest BCUT2D eigenvalue weighted by Crippen LogP contribution is 2.19. The highest BCUT2D eigenvalue weighted by molar-refractivity contribution is 4.82. The summed E-state index contributed by atoms with van der Waals surface area (Å²) in [5.41, 5.74) is 0. The predicted octanol–water partition coefficient (Wildman–Crippen LogP) is 1.73. The van der Waals surface area contributed by atoms with E-state index in [-0.39, 0.29) is 0 Å². The second-order valence-electron chi connectivity index (χ2n) is 5.05. The number of piperidine rings is 1. The van der Waals surface area contributed by atoms with Crippen molar-refractivity contribution in [1.29, 1.82) is 0 Å². The van der Waals surface area contributed by atoms with Crippen molar-refractivity contribution in [3.63, 3.8) is 0 Å². The summed E-state index contributed by atoms with van der Waals surface area (Å²) in [4.78, 5) is 2.61. The van der Waals surface area contributed by atoms with Crippen LogP contribution in [-0.2, 0) is 4.74 Å². The molecule has 3 atom stereocenters. The molecule has 3 heteroatoms. The maximum atomic E-state index is 5.28. The Morgan fingerprint density at radius 3 is 2.81 bits per heavy atom. The van der Waals surface area contributed by atoms with Crippen LogP contribution in [0.4, 0.5) is 0 Å². The van der Waals surface area contributed by atoms with Crippen molar-refractivity contribution in [3.8, 4) is 0 Å². The molecule has 96 valence electrons. The number of hydrogen-bond acceptors (Lipinski definition) is 3. The van der Waals surface area contributed by atoms with Gasteiger partial charge < -0.3 is 10.1 Å². The van der Waals surface area contributed by atoms with Gasteiger partial charge in [0.2, 0.25) is 0 Å². The Balaban J connectivity index is 2.39. The Morgan fingerprint density at radius 2 is 2.19 bits per heavy atom. The maximum absolute atomic E-state index is 5.28. The third-order valence-electron chi connectivity index (χ3n) is 3.78. The minimum Gasteiger partial charge on any atom is -0.384 e. The maximum Gasteiger partial charge on any atom is 0.0502 e. The smallest absolute Gasteiger partial charge is 0.0502 e. The molecule has 0 aromatic carbocycles. The van der Waals surface area contributed by atoms with Gasteiger partial charge in [-0.3, -0.25) is 4.90 Å². The van der Waals surface area contributed by atoms with Crippen molar-refractivity contribution < 1.29 is 4.74 Å². The second kappa shape index (κ2) is 7.25. The zero-order valence-electron chi connectivity index (χ0n) is 11.3. The van der Waals surface area contributed by atoms with Gasteiger partial charge in [0.15, 0.2) is 0 Å². The van der Waals surface area contributed by atoms with Crippen LogP contribution in [0, 0.1) is 5.92 Å². The van der Waals surface area contributed by atoms with E-state index < -0.39 is 0 Å². The van der Waals surface area contributed by atoms with Crippen molar-refractivity contribution in [1.82, 2.24) is 10.2 Å². The van der Waals surface area contributed by atoms with E-state index in [9.17, 15) is 0 Å². The first-order chi connectivity index (χ1) is 7.69. The van der Waals surface area contributed by atoms with Crippen LogP contribution in [0.25, 0.3) is 0 Å². The van der Waals surface area contributed by atoms with E-state index >= 15 is 0 Å². The Morgan fingerprint density at radius 1 is 1.44 bits per heavy atom. The monoisotopic (exact) mass is 228 g/mol. The molecule has 1 N–H and O–H groups in total. The van der Waals surface area contributed by atoms with E-state index in [1.54, 1.807) is 0 Å². The summed E-state index contributed by atoms with van der Waals surface area (Å²) in [6.07, 6.45) is 2.64. The molecule has 1 aliphatic heterocycles. The molecular weight excluding hydrogens is 200 g/mol. The minimum absolute atomic E-state index is 0.575. The Bertz CT molecular complexity index is 181. The van der Waals surface area contributed by atoms with Crippen molar-refractivity contribution in [2.24, 2.45) is 5.92 Å². The van der Waals surface area contributed by atoms with Crippen LogP contribution in [0.5, 0.6) is 0 Å². The first-order valence-electron chi connectivity index (χ1n) is 6.65. The van der Waals surface area contributed by atoms with Gasteiger partial charge in [-0.1, -0.05) is 6.92 Å². The quantitative estimate of drug-likeness (QED) is 0.749. The predicted molar refractivity (Wildman–Crippen MR) is 68.8 cm³/mol. The van der Waals surface area contributed by atoms with Gasteiger partial charge in [0.25, 0.3) is 0 Å². The van der Waals surface area contributed by atoms with E-state index in [2.05, 4.69) is 31.0 Å². The van der Waals surface area contributed by atoms with E-state index in [1.165, 1.54) is 25.9 Å². The van der Waals surface area contributed by atoms with Crippen LogP contribution in [-0.4, -0.2) is 50.3 Å². The topological polar surface area (TPSA) is 24.5 Å². The molecule has 1 saturated heterocycles. The summed E-state index contributed by atoms with van der Waals surface area (Å²) < 4.78 is 5.28. The van der Waals surface area contributed by atoms with Crippen LogP contribution < -0.4 is 5.32 Å². The summed E-state index contributed by atoms with van der Waals surface area (Å²) in [7, 11) is 1.81. The number of methoxy groups -OCH3 is 1. The van der Waals surface area contributed by atoms with Crippen LogP contribution >= 0.6 is 0 Å². The van der Waals surface area contributed by atoms with Crippen LogP contribution in [0.3, 0.4) is 0 Å². The molecule has 0 radical (unpaired) electrons. The average Bonchev–Trinajstić information content (AvgIpc) is 2.29. The third-order valence-corrected chi connectivity index (χ3v) is 3.78. The summed E-state index contributed by atoms with van der Waals surface area (Å²) in [6, 6.07) is 1.20. The van der Waals surface area contributed by atoms with Gasteiger partial charge in [-0.15, -0.1) is 0 Å². The van der Waals surface area contributed by atoms with Gasteiger partial charge >= 0.3 is 0 Å². The molecule has 16 heavy (non-hydrogen) atoms. The van der Waals surface area contributed by atoms with Gasteiger partial charge in [-0.2, -0.15) is 0 Å². The summed E-state index contributed by atoms with van der Waals surface area (Å²) in [5, 5.41) is 3.52. The molecule has 3 unspecified atom stereocenters. The first-order valence-corrected chi connectivity index (χ1v) is 6.65. The lowest BCUT2D eigenvalue weighted by molar-refractivity contribution is 0.0637. The molecule has 3 nitrogen and oxygen atoms in total. The Hall–Kier alpha value is -0.120. The number of likely N-dealkylation sites (N-methyl/N-ethyl adjacent to an activating group) is 1. The minimum atomic E-state index is 0.575. The number of nitrogens with zero attached hydrogens (tertiary/aromatic N) is 1. The normalized spacial score (nSPS) is 26.6. The van der Waals surface area contributed by atoms with Gasteiger partial charge in [0, 0.05) is 25.7 Å².